The Morgan fingerprint density at radius 1 is 1.56 bits per heavy atom. The van der Waals surface area contributed by atoms with Gasteiger partial charge >= 0.3 is 0 Å². The van der Waals surface area contributed by atoms with Crippen molar-refractivity contribution in [1.82, 2.24) is 9.97 Å². The lowest BCUT2D eigenvalue weighted by molar-refractivity contribution is -0.0816. The highest BCUT2D eigenvalue weighted by Crippen LogP contribution is 2.29. The summed E-state index contributed by atoms with van der Waals surface area (Å²) in [6, 6.07) is 0. The molecule has 0 aliphatic carbocycles. The van der Waals surface area contributed by atoms with Gasteiger partial charge < -0.3 is 14.8 Å². The maximum atomic E-state index is 5.64. The Balaban J connectivity index is 2.05. The van der Waals surface area contributed by atoms with Gasteiger partial charge in [-0.3, -0.25) is 0 Å². The van der Waals surface area contributed by atoms with Crippen LogP contribution in [0.15, 0.2) is 10.8 Å². The Kier molecular flexibility index (Phi) is 3.95. The Bertz CT molecular complexity index is 358. The standard InChI is InChI=1S/C10H14BrN3O2/c1-2-3-12-9-8(11)10(14-6-13-9)16-7-4-15-5-7/h6-7H,2-5H2,1H3,(H,12,13,14). The fourth-order valence-electron chi connectivity index (χ4n) is 1.24. The van der Waals surface area contributed by atoms with Gasteiger partial charge in [-0.05, 0) is 22.4 Å². The molecule has 0 atom stereocenters. The second-order valence-electron chi connectivity index (χ2n) is 3.55. The molecule has 88 valence electrons. The molecule has 1 N–H and O–H groups in total. The van der Waals surface area contributed by atoms with Crippen molar-refractivity contribution >= 4 is 21.7 Å². The summed E-state index contributed by atoms with van der Waals surface area (Å²) in [5.74, 6) is 1.34. The molecule has 0 spiro atoms. The number of rotatable bonds is 5. The van der Waals surface area contributed by atoms with Gasteiger partial charge in [-0.2, -0.15) is 0 Å². The zero-order valence-electron chi connectivity index (χ0n) is 9.07. The number of aromatic nitrogens is 2. The molecule has 0 radical (unpaired) electrons. The molecule has 6 heteroatoms. The molecule has 0 unspecified atom stereocenters. The second-order valence-corrected chi connectivity index (χ2v) is 4.34. The van der Waals surface area contributed by atoms with Crippen LogP contribution in [0.25, 0.3) is 0 Å². The van der Waals surface area contributed by atoms with Crippen molar-refractivity contribution in [2.45, 2.75) is 19.4 Å². The molecule has 0 aromatic carbocycles. The van der Waals surface area contributed by atoms with Crippen LogP contribution < -0.4 is 10.1 Å². The number of nitrogens with zero attached hydrogens (tertiary/aromatic N) is 2. The number of nitrogens with one attached hydrogen (secondary N) is 1. The summed E-state index contributed by atoms with van der Waals surface area (Å²) >= 11 is 3.44. The highest BCUT2D eigenvalue weighted by Gasteiger charge is 2.22. The van der Waals surface area contributed by atoms with E-state index in [4.69, 9.17) is 9.47 Å². The summed E-state index contributed by atoms with van der Waals surface area (Å²) < 4.78 is 11.5. The number of halogens is 1. The van der Waals surface area contributed by atoms with Crippen LogP contribution in [0.5, 0.6) is 5.88 Å². The summed E-state index contributed by atoms with van der Waals surface area (Å²) in [5, 5.41) is 3.20. The number of ether oxygens (including phenoxy) is 2. The molecule has 5 nitrogen and oxygen atoms in total. The van der Waals surface area contributed by atoms with Gasteiger partial charge in [0.25, 0.3) is 0 Å². The van der Waals surface area contributed by atoms with Gasteiger partial charge in [0.15, 0.2) is 0 Å². The van der Waals surface area contributed by atoms with Gasteiger partial charge in [0.05, 0.1) is 13.2 Å². The molecular formula is C10H14BrN3O2. The zero-order chi connectivity index (χ0) is 11.4. The van der Waals surface area contributed by atoms with Crippen LogP contribution in [0, 0.1) is 0 Å². The van der Waals surface area contributed by atoms with E-state index in [0.29, 0.717) is 19.1 Å². The van der Waals surface area contributed by atoms with Gasteiger partial charge in [-0.25, -0.2) is 9.97 Å². The maximum Gasteiger partial charge on any atom is 0.233 e. The highest BCUT2D eigenvalue weighted by atomic mass is 79.9. The summed E-state index contributed by atoms with van der Waals surface area (Å²) in [6.07, 6.45) is 2.66. The first-order valence-corrected chi connectivity index (χ1v) is 6.09. The van der Waals surface area contributed by atoms with Crippen LogP contribution in [0.4, 0.5) is 5.82 Å². The SMILES string of the molecule is CCCNc1ncnc(OC2COC2)c1Br. The van der Waals surface area contributed by atoms with Gasteiger partial charge in [0.1, 0.15) is 22.7 Å². The van der Waals surface area contributed by atoms with E-state index in [1.807, 2.05) is 0 Å². The molecule has 1 aliphatic rings. The predicted molar refractivity (Wildman–Crippen MR) is 63.7 cm³/mol. The van der Waals surface area contributed by atoms with Crippen molar-refractivity contribution < 1.29 is 9.47 Å². The lowest BCUT2D eigenvalue weighted by atomic mass is 10.3. The van der Waals surface area contributed by atoms with E-state index in [-0.39, 0.29) is 6.10 Å². The van der Waals surface area contributed by atoms with Crippen LogP contribution >= 0.6 is 15.9 Å². The van der Waals surface area contributed by atoms with Crippen LogP contribution in [-0.2, 0) is 4.74 Å². The zero-order valence-corrected chi connectivity index (χ0v) is 10.7. The van der Waals surface area contributed by atoms with E-state index in [1.165, 1.54) is 6.33 Å². The number of anilines is 1. The molecule has 0 amide bonds. The average Bonchev–Trinajstić information content (AvgIpc) is 2.23. The quantitative estimate of drug-likeness (QED) is 0.896. The van der Waals surface area contributed by atoms with Gasteiger partial charge in [-0.1, -0.05) is 6.92 Å². The van der Waals surface area contributed by atoms with Crippen LogP contribution in [0.3, 0.4) is 0 Å². The van der Waals surface area contributed by atoms with Crippen molar-refractivity contribution in [3.63, 3.8) is 0 Å². The molecule has 2 rings (SSSR count). The topological polar surface area (TPSA) is 56.3 Å². The van der Waals surface area contributed by atoms with E-state index in [0.717, 1.165) is 23.3 Å². The van der Waals surface area contributed by atoms with Crippen molar-refractivity contribution in [3.05, 3.63) is 10.8 Å². The smallest absolute Gasteiger partial charge is 0.233 e. The summed E-state index contributed by atoms with van der Waals surface area (Å²) in [5.41, 5.74) is 0. The van der Waals surface area contributed by atoms with E-state index < -0.39 is 0 Å². The maximum absolute atomic E-state index is 5.64. The van der Waals surface area contributed by atoms with Crippen molar-refractivity contribution in [1.29, 1.82) is 0 Å². The summed E-state index contributed by atoms with van der Waals surface area (Å²) in [7, 11) is 0. The van der Waals surface area contributed by atoms with Gasteiger partial charge in [-0.15, -0.1) is 0 Å². The van der Waals surface area contributed by atoms with Crippen LogP contribution in [0.1, 0.15) is 13.3 Å². The van der Waals surface area contributed by atoms with E-state index in [9.17, 15) is 0 Å². The number of hydrogen-bond acceptors (Lipinski definition) is 5. The molecule has 1 aliphatic heterocycles. The fourth-order valence-corrected chi connectivity index (χ4v) is 1.68. The minimum absolute atomic E-state index is 0.116. The lowest BCUT2D eigenvalue weighted by Crippen LogP contribution is -2.38. The van der Waals surface area contributed by atoms with E-state index in [1.54, 1.807) is 0 Å². The molecule has 0 saturated carbocycles. The Morgan fingerprint density at radius 3 is 3.00 bits per heavy atom. The lowest BCUT2D eigenvalue weighted by Gasteiger charge is -2.26. The molecular weight excluding hydrogens is 274 g/mol. The Morgan fingerprint density at radius 2 is 2.38 bits per heavy atom. The van der Waals surface area contributed by atoms with Crippen LogP contribution in [0.2, 0.25) is 0 Å². The van der Waals surface area contributed by atoms with Gasteiger partial charge in [0, 0.05) is 6.54 Å². The summed E-state index contributed by atoms with van der Waals surface area (Å²) in [4.78, 5) is 8.24. The first kappa shape index (κ1) is 11.6. The first-order valence-electron chi connectivity index (χ1n) is 5.30. The second kappa shape index (κ2) is 5.45. The molecule has 1 aromatic rings. The predicted octanol–water partition coefficient (Wildman–Crippen LogP) is 1.84. The third kappa shape index (κ3) is 2.62. The first-order chi connectivity index (χ1) is 7.81. The fraction of sp³-hybridized carbons (Fsp3) is 0.600. The normalized spacial score (nSPS) is 15.6. The molecule has 16 heavy (non-hydrogen) atoms. The minimum Gasteiger partial charge on any atom is -0.468 e. The largest absolute Gasteiger partial charge is 0.468 e. The monoisotopic (exact) mass is 287 g/mol. The van der Waals surface area contributed by atoms with Gasteiger partial charge in [0.2, 0.25) is 5.88 Å². The molecule has 2 heterocycles. The molecule has 1 saturated heterocycles. The van der Waals surface area contributed by atoms with Crippen LogP contribution in [-0.4, -0.2) is 35.8 Å². The number of hydrogen-bond donors (Lipinski definition) is 1. The molecule has 1 aromatic heterocycles. The molecule has 0 bridgehead atoms. The average molecular weight is 288 g/mol. The van der Waals surface area contributed by atoms with Crippen molar-refractivity contribution in [3.8, 4) is 5.88 Å². The third-order valence-corrected chi connectivity index (χ3v) is 2.90. The van der Waals surface area contributed by atoms with Crippen molar-refractivity contribution in [2.24, 2.45) is 0 Å². The highest BCUT2D eigenvalue weighted by molar-refractivity contribution is 9.10. The molecule has 1 fully saturated rings. The third-order valence-electron chi connectivity index (χ3n) is 2.19. The Labute approximate surface area is 103 Å². The minimum atomic E-state index is 0.116. The Hall–Kier alpha value is -0.880. The van der Waals surface area contributed by atoms with E-state index >= 15 is 0 Å². The van der Waals surface area contributed by atoms with Crippen molar-refractivity contribution in [2.75, 3.05) is 25.1 Å². The van der Waals surface area contributed by atoms with E-state index in [2.05, 4.69) is 38.1 Å². The summed E-state index contributed by atoms with van der Waals surface area (Å²) in [6.45, 7) is 4.25.